The molecule has 0 radical (unpaired) electrons. The summed E-state index contributed by atoms with van der Waals surface area (Å²) in [5.74, 6) is 1.56. The van der Waals surface area contributed by atoms with Gasteiger partial charge in [-0.15, -0.1) is 0 Å². The molecule has 5 fully saturated rings. The highest BCUT2D eigenvalue weighted by Crippen LogP contribution is 2.60. The van der Waals surface area contributed by atoms with Gasteiger partial charge in [-0.3, -0.25) is 9.59 Å². The molecular weight excluding hydrogens is 416 g/mol. The van der Waals surface area contributed by atoms with Gasteiger partial charge < -0.3 is 14.6 Å². The lowest BCUT2D eigenvalue weighted by atomic mass is 9.49. The second kappa shape index (κ2) is 7.71. The Kier molecular flexibility index (Phi) is 4.89. The minimum atomic E-state index is -0.895. The maximum Gasteiger partial charge on any atom is 0.329 e. The number of benzene rings is 1. The number of carbonyl (C=O) groups excluding carboxylic acids is 3. The van der Waals surface area contributed by atoms with Crippen molar-refractivity contribution in [3.8, 4) is 0 Å². The summed E-state index contributed by atoms with van der Waals surface area (Å²) in [5, 5.41) is 0.824. The first kappa shape index (κ1) is 20.9. The third-order valence-electron chi connectivity index (χ3n) is 8.79. The van der Waals surface area contributed by atoms with Gasteiger partial charge in [-0.2, -0.15) is 0 Å². The summed E-state index contributed by atoms with van der Waals surface area (Å²) in [6, 6.07) is 7.03. The Morgan fingerprint density at radius 2 is 1.73 bits per heavy atom. The van der Waals surface area contributed by atoms with Crippen LogP contribution in [0.25, 0.3) is 10.9 Å². The summed E-state index contributed by atoms with van der Waals surface area (Å²) in [6.45, 7) is 2.24. The fourth-order valence-electron chi connectivity index (χ4n) is 7.73. The minimum absolute atomic E-state index is 0.177. The lowest BCUT2D eigenvalue weighted by molar-refractivity contribution is -0.166. The van der Waals surface area contributed by atoms with E-state index in [2.05, 4.69) is 4.98 Å². The fraction of sp³-hybridized carbons (Fsp3) is 0.593. The molecule has 5 aliphatic rings. The number of carbonyl (C=O) groups is 3. The predicted octanol–water partition coefficient (Wildman–Crippen LogP) is 4.49. The van der Waals surface area contributed by atoms with E-state index in [0.29, 0.717) is 36.3 Å². The quantitative estimate of drug-likeness (QED) is 0.540. The highest BCUT2D eigenvalue weighted by molar-refractivity contribution is 6.10. The van der Waals surface area contributed by atoms with Gasteiger partial charge in [0, 0.05) is 29.2 Å². The highest BCUT2D eigenvalue weighted by Gasteiger charge is 2.57. The van der Waals surface area contributed by atoms with Crippen molar-refractivity contribution in [2.45, 2.75) is 70.4 Å². The molecule has 174 valence electrons. The average Bonchev–Trinajstić information content (AvgIpc) is 3.44. The van der Waals surface area contributed by atoms with E-state index in [-0.39, 0.29) is 17.1 Å². The molecule has 4 saturated carbocycles. The molecule has 2 heterocycles. The molecule has 0 spiro atoms. The van der Waals surface area contributed by atoms with Gasteiger partial charge in [0.2, 0.25) is 11.7 Å². The Morgan fingerprint density at radius 1 is 1.06 bits per heavy atom. The Balaban J connectivity index is 1.16. The van der Waals surface area contributed by atoms with Crippen LogP contribution in [0.1, 0.15) is 68.6 Å². The number of hydrogen-bond donors (Lipinski definition) is 1. The predicted molar refractivity (Wildman–Crippen MR) is 124 cm³/mol. The largest absolute Gasteiger partial charge is 0.453 e. The number of amides is 1. The van der Waals surface area contributed by atoms with Gasteiger partial charge in [-0.1, -0.05) is 18.2 Å². The van der Waals surface area contributed by atoms with Gasteiger partial charge in [0.25, 0.3) is 0 Å². The number of ketones is 1. The van der Waals surface area contributed by atoms with Crippen molar-refractivity contribution in [1.29, 1.82) is 0 Å². The van der Waals surface area contributed by atoms with E-state index >= 15 is 0 Å². The molecule has 1 N–H and O–H groups in total. The Hall–Kier alpha value is -2.63. The molecule has 1 aliphatic heterocycles. The number of hydrogen-bond acceptors (Lipinski definition) is 4. The van der Waals surface area contributed by atoms with E-state index in [9.17, 15) is 14.4 Å². The summed E-state index contributed by atoms with van der Waals surface area (Å²) >= 11 is 0. The number of likely N-dealkylation sites (tertiary alicyclic amines) is 1. The van der Waals surface area contributed by atoms with Gasteiger partial charge >= 0.3 is 5.97 Å². The van der Waals surface area contributed by atoms with E-state index in [1.54, 1.807) is 18.0 Å². The molecule has 6 nitrogen and oxygen atoms in total. The first-order chi connectivity index (χ1) is 15.9. The number of esters is 1. The smallest absolute Gasteiger partial charge is 0.329 e. The Morgan fingerprint density at radius 3 is 2.42 bits per heavy atom. The number of Topliss-reactive ketones (excluding diaryl/α,β-unsaturated/α-hetero) is 1. The fourth-order valence-corrected chi connectivity index (χ4v) is 7.73. The lowest BCUT2D eigenvalue weighted by Gasteiger charge is -2.56. The maximum absolute atomic E-state index is 13.8. The third-order valence-corrected chi connectivity index (χ3v) is 8.79. The molecule has 2 aromatic rings. The Labute approximate surface area is 194 Å². The second-order valence-electron chi connectivity index (χ2n) is 11.0. The molecule has 1 aromatic carbocycles. The topological polar surface area (TPSA) is 79.5 Å². The lowest BCUT2D eigenvalue weighted by Crippen LogP contribution is -2.56. The second-order valence-corrected chi connectivity index (χ2v) is 11.0. The first-order valence-electron chi connectivity index (χ1n) is 12.6. The summed E-state index contributed by atoms with van der Waals surface area (Å²) in [7, 11) is 0. The van der Waals surface area contributed by atoms with E-state index in [0.717, 1.165) is 36.6 Å². The van der Waals surface area contributed by atoms with Crippen molar-refractivity contribution in [3.05, 3.63) is 36.0 Å². The van der Waals surface area contributed by atoms with Gasteiger partial charge in [0.15, 0.2) is 6.10 Å². The number of aromatic amines is 1. The van der Waals surface area contributed by atoms with Crippen LogP contribution in [0.3, 0.4) is 0 Å². The third kappa shape index (κ3) is 3.41. The van der Waals surface area contributed by atoms with Crippen LogP contribution < -0.4 is 0 Å². The molecule has 2 atom stereocenters. The van der Waals surface area contributed by atoms with Crippen LogP contribution in [0.2, 0.25) is 0 Å². The van der Waals surface area contributed by atoms with Crippen LogP contribution in [0, 0.1) is 23.2 Å². The zero-order chi connectivity index (χ0) is 22.7. The van der Waals surface area contributed by atoms with Gasteiger partial charge in [0.1, 0.15) is 6.04 Å². The standard InChI is InChI=1S/C27H32N2O4/c1-16(24(30)21-15-28-22-6-3-2-5-20(21)22)33-25(31)23-7-4-8-29(23)26(32)27-12-17-9-18(13-27)11-19(10-17)14-27/h2-3,5-6,15-19,23,28H,4,7-14H2,1H3/t16-,17?,18?,19?,23-,27?/m0/s1. The molecular formula is C27H32N2O4. The summed E-state index contributed by atoms with van der Waals surface area (Å²) in [4.78, 5) is 44.9. The summed E-state index contributed by atoms with van der Waals surface area (Å²) in [5.41, 5.74) is 1.14. The molecule has 1 amide bonds. The normalized spacial score (nSPS) is 33.4. The number of aromatic nitrogens is 1. The Bertz CT molecular complexity index is 1080. The number of ether oxygens (including phenoxy) is 1. The molecule has 0 unspecified atom stereocenters. The van der Waals surface area contributed by atoms with E-state index in [4.69, 9.17) is 4.74 Å². The number of rotatable bonds is 5. The zero-order valence-corrected chi connectivity index (χ0v) is 19.2. The number of nitrogens with zero attached hydrogens (tertiary/aromatic N) is 1. The SMILES string of the molecule is C[C@H](OC(=O)[C@@H]1CCCN1C(=O)C12CC3CC(CC(C3)C1)C2)C(=O)c1c[nH]c2ccccc12. The van der Waals surface area contributed by atoms with E-state index in [1.807, 2.05) is 24.3 Å². The van der Waals surface area contributed by atoms with Gasteiger partial charge in [0.05, 0.1) is 5.41 Å². The van der Waals surface area contributed by atoms with Crippen LogP contribution >= 0.6 is 0 Å². The van der Waals surface area contributed by atoms with Crippen LogP contribution in [-0.4, -0.2) is 46.2 Å². The van der Waals surface area contributed by atoms with Crippen molar-refractivity contribution < 1.29 is 19.1 Å². The summed E-state index contributed by atoms with van der Waals surface area (Å²) in [6.07, 6.45) is 9.03. The number of fused-ring (bicyclic) bond motifs is 1. The van der Waals surface area contributed by atoms with Crippen LogP contribution in [0.15, 0.2) is 30.5 Å². The molecule has 6 heteroatoms. The molecule has 7 rings (SSSR count). The monoisotopic (exact) mass is 448 g/mol. The molecule has 4 aliphatic carbocycles. The van der Waals surface area contributed by atoms with Crippen molar-refractivity contribution in [2.24, 2.45) is 23.2 Å². The van der Waals surface area contributed by atoms with Crippen LogP contribution in [0.4, 0.5) is 0 Å². The summed E-state index contributed by atoms with van der Waals surface area (Å²) < 4.78 is 5.67. The van der Waals surface area contributed by atoms with Crippen LogP contribution in [0.5, 0.6) is 0 Å². The van der Waals surface area contributed by atoms with Crippen molar-refractivity contribution in [3.63, 3.8) is 0 Å². The molecule has 4 bridgehead atoms. The molecule has 1 saturated heterocycles. The average molecular weight is 449 g/mol. The first-order valence-corrected chi connectivity index (χ1v) is 12.6. The van der Waals surface area contributed by atoms with Crippen molar-refractivity contribution in [2.75, 3.05) is 6.54 Å². The van der Waals surface area contributed by atoms with Crippen LogP contribution in [-0.2, 0) is 14.3 Å². The number of para-hydroxylation sites is 1. The number of H-pyrrole nitrogens is 1. The van der Waals surface area contributed by atoms with E-state index < -0.39 is 18.1 Å². The highest BCUT2D eigenvalue weighted by atomic mass is 16.5. The van der Waals surface area contributed by atoms with Gasteiger partial charge in [-0.25, -0.2) is 4.79 Å². The maximum atomic E-state index is 13.8. The number of nitrogens with one attached hydrogen (secondary N) is 1. The zero-order valence-electron chi connectivity index (χ0n) is 19.2. The van der Waals surface area contributed by atoms with Gasteiger partial charge in [-0.05, 0) is 82.1 Å². The molecule has 1 aromatic heterocycles. The molecule has 33 heavy (non-hydrogen) atoms. The van der Waals surface area contributed by atoms with Crippen molar-refractivity contribution >= 4 is 28.6 Å². The van der Waals surface area contributed by atoms with E-state index in [1.165, 1.54) is 19.3 Å². The minimum Gasteiger partial charge on any atom is -0.453 e. The van der Waals surface area contributed by atoms with Crippen molar-refractivity contribution in [1.82, 2.24) is 9.88 Å².